The normalized spacial score (nSPS) is 22.2. The first-order valence-electron chi connectivity index (χ1n) is 7.08. The van der Waals surface area contributed by atoms with Crippen LogP contribution < -0.4 is 10.1 Å². The molecule has 1 unspecified atom stereocenters. The largest absolute Gasteiger partial charge is 0.489 e. The lowest BCUT2D eigenvalue weighted by molar-refractivity contribution is 0.0631. The van der Waals surface area contributed by atoms with Gasteiger partial charge < -0.3 is 15.0 Å². The van der Waals surface area contributed by atoms with E-state index in [9.17, 15) is 4.79 Å². The molecule has 1 aromatic carbocycles. The number of nitrogens with one attached hydrogen (secondary N) is 1. The molecule has 4 heteroatoms. The maximum atomic E-state index is 12.7. The van der Waals surface area contributed by atoms with Crippen molar-refractivity contribution in [2.24, 2.45) is 0 Å². The highest BCUT2D eigenvalue weighted by atomic mass is 16.5. The van der Waals surface area contributed by atoms with E-state index in [1.54, 1.807) is 0 Å². The predicted octanol–water partition coefficient (Wildman–Crippen LogP) is 2.51. The molecule has 0 aromatic heterocycles. The molecule has 0 radical (unpaired) electrons. The van der Waals surface area contributed by atoms with Crippen LogP contribution in [0.5, 0.6) is 5.75 Å². The van der Waals surface area contributed by atoms with Crippen LogP contribution in [-0.2, 0) is 0 Å². The SMILES string of the molecule is CC1CCCCN1C(=O)c1cccc2c1OCCN2. The third-order valence-electron chi connectivity index (χ3n) is 3.97. The van der Waals surface area contributed by atoms with Crippen molar-refractivity contribution in [1.82, 2.24) is 4.90 Å². The van der Waals surface area contributed by atoms with Crippen LogP contribution >= 0.6 is 0 Å². The number of piperidine rings is 1. The van der Waals surface area contributed by atoms with Gasteiger partial charge in [-0.2, -0.15) is 0 Å². The van der Waals surface area contributed by atoms with E-state index in [4.69, 9.17) is 4.74 Å². The van der Waals surface area contributed by atoms with E-state index in [-0.39, 0.29) is 5.91 Å². The molecule has 0 saturated carbocycles. The number of carbonyl (C=O) groups excluding carboxylic acids is 1. The maximum Gasteiger partial charge on any atom is 0.257 e. The summed E-state index contributed by atoms with van der Waals surface area (Å²) in [6.07, 6.45) is 3.42. The summed E-state index contributed by atoms with van der Waals surface area (Å²) in [4.78, 5) is 14.7. The Labute approximate surface area is 113 Å². The molecule has 3 rings (SSSR count). The lowest BCUT2D eigenvalue weighted by Crippen LogP contribution is -2.42. The summed E-state index contributed by atoms with van der Waals surface area (Å²) in [5, 5.41) is 3.28. The van der Waals surface area contributed by atoms with Crippen molar-refractivity contribution in [3.63, 3.8) is 0 Å². The van der Waals surface area contributed by atoms with Gasteiger partial charge in [-0.3, -0.25) is 4.79 Å². The fraction of sp³-hybridized carbons (Fsp3) is 0.533. The molecule has 0 bridgehead atoms. The summed E-state index contributed by atoms with van der Waals surface area (Å²) in [5.41, 5.74) is 1.63. The molecule has 1 aromatic rings. The highest BCUT2D eigenvalue weighted by Crippen LogP contribution is 2.33. The van der Waals surface area contributed by atoms with Crippen molar-refractivity contribution in [1.29, 1.82) is 0 Å². The highest BCUT2D eigenvalue weighted by Gasteiger charge is 2.27. The second kappa shape index (κ2) is 5.11. The van der Waals surface area contributed by atoms with Gasteiger partial charge in [-0.05, 0) is 38.3 Å². The number of ether oxygens (including phenoxy) is 1. The van der Waals surface area contributed by atoms with Crippen LogP contribution in [0.3, 0.4) is 0 Å². The van der Waals surface area contributed by atoms with Crippen molar-refractivity contribution in [2.45, 2.75) is 32.2 Å². The summed E-state index contributed by atoms with van der Waals surface area (Å²) in [7, 11) is 0. The Kier molecular flexibility index (Phi) is 3.32. The lowest BCUT2D eigenvalue weighted by atomic mass is 10.0. The van der Waals surface area contributed by atoms with E-state index in [0.29, 0.717) is 18.2 Å². The summed E-state index contributed by atoms with van der Waals surface area (Å²) in [6, 6.07) is 6.08. The van der Waals surface area contributed by atoms with Crippen LogP contribution in [-0.4, -0.2) is 36.5 Å². The number of carbonyl (C=O) groups is 1. The standard InChI is InChI=1S/C15H20N2O2/c1-11-5-2-3-9-17(11)15(18)12-6-4-7-13-14(12)19-10-8-16-13/h4,6-7,11,16H,2-3,5,8-10H2,1H3. The number of anilines is 1. The minimum Gasteiger partial charge on any atom is -0.489 e. The molecule has 2 heterocycles. The quantitative estimate of drug-likeness (QED) is 0.843. The van der Waals surface area contributed by atoms with Gasteiger partial charge in [0.05, 0.1) is 11.3 Å². The lowest BCUT2D eigenvalue weighted by Gasteiger charge is -2.34. The van der Waals surface area contributed by atoms with E-state index in [1.807, 2.05) is 23.1 Å². The fourth-order valence-electron chi connectivity index (χ4n) is 2.89. The second-order valence-electron chi connectivity index (χ2n) is 5.30. The van der Waals surface area contributed by atoms with Crippen molar-refractivity contribution in [3.05, 3.63) is 23.8 Å². The van der Waals surface area contributed by atoms with Crippen LogP contribution in [0.2, 0.25) is 0 Å². The monoisotopic (exact) mass is 260 g/mol. The number of nitrogens with zero attached hydrogens (tertiary/aromatic N) is 1. The van der Waals surface area contributed by atoms with Gasteiger partial charge in [0.25, 0.3) is 5.91 Å². The molecule has 1 N–H and O–H groups in total. The van der Waals surface area contributed by atoms with Gasteiger partial charge in [0.15, 0.2) is 5.75 Å². The topological polar surface area (TPSA) is 41.6 Å². The summed E-state index contributed by atoms with van der Waals surface area (Å²) in [5.74, 6) is 0.823. The molecular weight excluding hydrogens is 240 g/mol. The fourth-order valence-corrected chi connectivity index (χ4v) is 2.89. The number of fused-ring (bicyclic) bond motifs is 1. The van der Waals surface area contributed by atoms with Gasteiger partial charge in [0.2, 0.25) is 0 Å². The predicted molar refractivity (Wildman–Crippen MR) is 74.8 cm³/mol. The minimum absolute atomic E-state index is 0.104. The zero-order chi connectivity index (χ0) is 13.2. The third-order valence-corrected chi connectivity index (χ3v) is 3.97. The maximum absolute atomic E-state index is 12.7. The Bertz CT molecular complexity index is 487. The van der Waals surface area contributed by atoms with Crippen molar-refractivity contribution >= 4 is 11.6 Å². The van der Waals surface area contributed by atoms with Crippen LogP contribution in [0.25, 0.3) is 0 Å². The number of para-hydroxylation sites is 1. The number of hydrogen-bond acceptors (Lipinski definition) is 3. The molecule has 102 valence electrons. The van der Waals surface area contributed by atoms with Gasteiger partial charge >= 0.3 is 0 Å². The summed E-state index contributed by atoms with van der Waals surface area (Å²) < 4.78 is 5.69. The van der Waals surface area contributed by atoms with Crippen LogP contribution in [0.4, 0.5) is 5.69 Å². The van der Waals surface area contributed by atoms with Gasteiger partial charge in [0, 0.05) is 19.1 Å². The Morgan fingerprint density at radius 2 is 2.32 bits per heavy atom. The van der Waals surface area contributed by atoms with E-state index in [0.717, 1.165) is 37.4 Å². The van der Waals surface area contributed by atoms with E-state index in [2.05, 4.69) is 12.2 Å². The van der Waals surface area contributed by atoms with Crippen LogP contribution in [0.1, 0.15) is 36.5 Å². The van der Waals surface area contributed by atoms with Gasteiger partial charge in [-0.25, -0.2) is 0 Å². The smallest absolute Gasteiger partial charge is 0.257 e. The molecule has 1 fully saturated rings. The molecule has 2 aliphatic heterocycles. The first-order valence-corrected chi connectivity index (χ1v) is 7.08. The molecule has 1 saturated heterocycles. The van der Waals surface area contributed by atoms with Gasteiger partial charge in [0.1, 0.15) is 6.61 Å². The molecule has 19 heavy (non-hydrogen) atoms. The van der Waals surface area contributed by atoms with Crippen molar-refractivity contribution < 1.29 is 9.53 Å². The van der Waals surface area contributed by atoms with Crippen molar-refractivity contribution in [2.75, 3.05) is 25.0 Å². The van der Waals surface area contributed by atoms with E-state index in [1.165, 1.54) is 6.42 Å². The zero-order valence-electron chi connectivity index (χ0n) is 11.3. The molecule has 1 amide bonds. The first kappa shape index (κ1) is 12.3. The van der Waals surface area contributed by atoms with Crippen molar-refractivity contribution in [3.8, 4) is 5.75 Å². The Morgan fingerprint density at radius 3 is 3.16 bits per heavy atom. The first-order chi connectivity index (χ1) is 9.27. The number of likely N-dealkylation sites (tertiary alicyclic amines) is 1. The van der Waals surface area contributed by atoms with E-state index >= 15 is 0 Å². The third kappa shape index (κ3) is 2.27. The Balaban J connectivity index is 1.91. The highest BCUT2D eigenvalue weighted by molar-refractivity contribution is 5.99. The zero-order valence-corrected chi connectivity index (χ0v) is 11.3. The average molecular weight is 260 g/mol. The summed E-state index contributed by atoms with van der Waals surface area (Å²) >= 11 is 0. The van der Waals surface area contributed by atoms with Gasteiger partial charge in [-0.1, -0.05) is 6.07 Å². The molecule has 0 spiro atoms. The second-order valence-corrected chi connectivity index (χ2v) is 5.30. The Morgan fingerprint density at radius 1 is 1.42 bits per heavy atom. The summed E-state index contributed by atoms with van der Waals surface area (Å²) in [6.45, 7) is 4.40. The molecule has 0 aliphatic carbocycles. The van der Waals surface area contributed by atoms with Crippen LogP contribution in [0.15, 0.2) is 18.2 Å². The van der Waals surface area contributed by atoms with Crippen LogP contribution in [0, 0.1) is 0 Å². The molecule has 2 aliphatic rings. The Hall–Kier alpha value is -1.71. The van der Waals surface area contributed by atoms with E-state index < -0.39 is 0 Å². The average Bonchev–Trinajstić information content (AvgIpc) is 2.46. The molecular formula is C15H20N2O2. The van der Waals surface area contributed by atoms with Gasteiger partial charge in [-0.15, -0.1) is 0 Å². The minimum atomic E-state index is 0.104. The molecule has 1 atom stereocenters. The number of rotatable bonds is 1. The number of hydrogen-bond donors (Lipinski definition) is 1. The molecule has 4 nitrogen and oxygen atoms in total. The number of benzene rings is 1. The number of amides is 1.